The van der Waals surface area contributed by atoms with Gasteiger partial charge in [-0.25, -0.2) is 0 Å². The lowest BCUT2D eigenvalue weighted by Gasteiger charge is -2.31. The van der Waals surface area contributed by atoms with Gasteiger partial charge in [0.25, 0.3) is 0 Å². The van der Waals surface area contributed by atoms with E-state index in [2.05, 4.69) is 64.0 Å². The lowest BCUT2D eigenvalue weighted by molar-refractivity contribution is 0.235. The molecule has 0 bridgehead atoms. The van der Waals surface area contributed by atoms with Crippen LogP contribution < -0.4 is 5.32 Å². The molecule has 0 aromatic carbocycles. The molecule has 1 aromatic heterocycles. The maximum Gasteiger partial charge on any atom is 0.0742 e. The highest BCUT2D eigenvalue weighted by molar-refractivity contribution is 9.12. The second-order valence-electron chi connectivity index (χ2n) is 7.48. The predicted molar refractivity (Wildman–Crippen MR) is 101 cm³/mol. The molecule has 1 N–H and O–H groups in total. The third-order valence-electron chi connectivity index (χ3n) is 4.63. The summed E-state index contributed by atoms with van der Waals surface area (Å²) < 4.78 is 2.54. The Kier molecular flexibility index (Phi) is 6.38. The highest BCUT2D eigenvalue weighted by Gasteiger charge is 2.33. The molecule has 120 valence electrons. The van der Waals surface area contributed by atoms with Gasteiger partial charge >= 0.3 is 0 Å². The molecule has 4 heteroatoms. The summed E-state index contributed by atoms with van der Waals surface area (Å²) in [5.41, 5.74) is 2.29. The summed E-state index contributed by atoms with van der Waals surface area (Å²) in [6.45, 7) is 7.93. The zero-order chi connectivity index (χ0) is 15.5. The SMILES string of the molecule is CC(C)(C)NCCC1(CCc2cc(Br)sc2Br)CCCC1. The minimum absolute atomic E-state index is 0.237. The fourth-order valence-corrected chi connectivity index (χ4v) is 6.31. The van der Waals surface area contributed by atoms with E-state index in [1.54, 1.807) is 11.3 Å². The van der Waals surface area contributed by atoms with Crippen molar-refractivity contribution in [1.82, 2.24) is 5.32 Å². The summed E-state index contributed by atoms with van der Waals surface area (Å²) in [5, 5.41) is 3.67. The average Bonchev–Trinajstić information content (AvgIpc) is 2.93. The van der Waals surface area contributed by atoms with Gasteiger partial charge in [0.2, 0.25) is 0 Å². The Balaban J connectivity index is 1.90. The molecule has 21 heavy (non-hydrogen) atoms. The largest absolute Gasteiger partial charge is 0.312 e. The Hall–Kier alpha value is 0.620. The van der Waals surface area contributed by atoms with Gasteiger partial charge in [-0.3, -0.25) is 0 Å². The summed E-state index contributed by atoms with van der Waals surface area (Å²) in [6, 6.07) is 2.28. The maximum atomic E-state index is 3.70. The van der Waals surface area contributed by atoms with Crippen LogP contribution in [0.4, 0.5) is 0 Å². The van der Waals surface area contributed by atoms with Gasteiger partial charge in [0.15, 0.2) is 0 Å². The third kappa shape index (κ3) is 5.63. The van der Waals surface area contributed by atoms with E-state index in [0.29, 0.717) is 5.41 Å². The van der Waals surface area contributed by atoms with Crippen LogP contribution >= 0.6 is 43.2 Å². The predicted octanol–water partition coefficient (Wildman–Crippen LogP) is 6.54. The molecule has 0 aliphatic heterocycles. The van der Waals surface area contributed by atoms with Crippen LogP contribution in [0.15, 0.2) is 13.6 Å². The minimum atomic E-state index is 0.237. The Bertz CT molecular complexity index is 456. The highest BCUT2D eigenvalue weighted by Crippen LogP contribution is 2.45. The number of hydrogen-bond donors (Lipinski definition) is 1. The second kappa shape index (κ2) is 7.46. The van der Waals surface area contributed by atoms with E-state index >= 15 is 0 Å². The molecule has 1 aliphatic rings. The smallest absolute Gasteiger partial charge is 0.0742 e. The van der Waals surface area contributed by atoms with Crippen molar-refractivity contribution in [3.63, 3.8) is 0 Å². The van der Waals surface area contributed by atoms with Crippen LogP contribution in [0, 0.1) is 5.41 Å². The molecular formula is C17H27Br2NS. The number of hydrogen-bond acceptors (Lipinski definition) is 2. The first-order chi connectivity index (χ1) is 9.80. The molecule has 1 nitrogen and oxygen atoms in total. The van der Waals surface area contributed by atoms with Gasteiger partial charge < -0.3 is 5.32 Å². The molecule has 0 amide bonds. The van der Waals surface area contributed by atoms with Crippen LogP contribution in [0.1, 0.15) is 64.9 Å². The summed E-state index contributed by atoms with van der Waals surface area (Å²) in [7, 11) is 0. The van der Waals surface area contributed by atoms with E-state index in [1.165, 1.54) is 58.1 Å². The van der Waals surface area contributed by atoms with E-state index in [-0.39, 0.29) is 5.54 Å². The van der Waals surface area contributed by atoms with E-state index in [1.807, 2.05) is 0 Å². The van der Waals surface area contributed by atoms with Gasteiger partial charge in [-0.05, 0) is 108 Å². The number of rotatable bonds is 6. The van der Waals surface area contributed by atoms with Crippen LogP contribution in [0.2, 0.25) is 0 Å². The fourth-order valence-electron chi connectivity index (χ4n) is 3.40. The Morgan fingerprint density at radius 3 is 2.38 bits per heavy atom. The quantitative estimate of drug-likeness (QED) is 0.533. The van der Waals surface area contributed by atoms with Crippen LogP contribution in [-0.2, 0) is 6.42 Å². The lowest BCUT2D eigenvalue weighted by Crippen LogP contribution is -2.38. The Labute approximate surface area is 150 Å². The standard InChI is InChI=1S/C17H27Br2NS/c1-16(2,3)20-11-10-17(7-4-5-8-17)9-6-13-12-14(18)21-15(13)19/h12,20H,4-11H2,1-3H3. The van der Waals surface area contributed by atoms with Crippen molar-refractivity contribution >= 4 is 43.2 Å². The van der Waals surface area contributed by atoms with Gasteiger partial charge in [0, 0.05) is 5.54 Å². The van der Waals surface area contributed by atoms with Crippen molar-refractivity contribution in [2.24, 2.45) is 5.41 Å². The van der Waals surface area contributed by atoms with Crippen molar-refractivity contribution < 1.29 is 0 Å². The highest BCUT2D eigenvalue weighted by atomic mass is 79.9. The molecule has 1 aliphatic carbocycles. The lowest BCUT2D eigenvalue weighted by atomic mass is 9.77. The van der Waals surface area contributed by atoms with Crippen molar-refractivity contribution in [2.75, 3.05) is 6.54 Å². The van der Waals surface area contributed by atoms with E-state index in [9.17, 15) is 0 Å². The number of aryl methyl sites for hydroxylation is 1. The molecule has 1 saturated carbocycles. The monoisotopic (exact) mass is 435 g/mol. The summed E-state index contributed by atoms with van der Waals surface area (Å²) in [5.74, 6) is 0. The molecular weight excluding hydrogens is 410 g/mol. The van der Waals surface area contributed by atoms with Gasteiger partial charge in [-0.2, -0.15) is 0 Å². The van der Waals surface area contributed by atoms with Crippen molar-refractivity contribution in [1.29, 1.82) is 0 Å². The minimum Gasteiger partial charge on any atom is -0.312 e. The molecule has 0 radical (unpaired) electrons. The van der Waals surface area contributed by atoms with Crippen LogP contribution in [-0.4, -0.2) is 12.1 Å². The molecule has 0 saturated heterocycles. The van der Waals surface area contributed by atoms with E-state index < -0.39 is 0 Å². The molecule has 0 atom stereocenters. The van der Waals surface area contributed by atoms with Gasteiger partial charge in [0.1, 0.15) is 0 Å². The van der Waals surface area contributed by atoms with Gasteiger partial charge in [-0.1, -0.05) is 12.8 Å². The molecule has 1 aromatic rings. The van der Waals surface area contributed by atoms with Crippen LogP contribution in [0.5, 0.6) is 0 Å². The molecule has 1 heterocycles. The normalized spacial score (nSPS) is 18.3. The van der Waals surface area contributed by atoms with E-state index in [4.69, 9.17) is 0 Å². The van der Waals surface area contributed by atoms with E-state index in [0.717, 1.165) is 6.54 Å². The number of halogens is 2. The zero-order valence-corrected chi connectivity index (χ0v) is 17.4. The first-order valence-corrected chi connectivity index (χ1v) is 10.4. The molecule has 0 unspecified atom stereocenters. The molecule has 0 spiro atoms. The number of nitrogens with one attached hydrogen (secondary N) is 1. The van der Waals surface area contributed by atoms with Crippen LogP contribution in [0.3, 0.4) is 0 Å². The van der Waals surface area contributed by atoms with Gasteiger partial charge in [-0.15, -0.1) is 11.3 Å². The van der Waals surface area contributed by atoms with Crippen molar-refractivity contribution in [3.05, 3.63) is 19.2 Å². The first-order valence-electron chi connectivity index (χ1n) is 7.98. The molecule has 1 fully saturated rings. The summed E-state index contributed by atoms with van der Waals surface area (Å²) >= 11 is 9.08. The Morgan fingerprint density at radius 1 is 1.19 bits per heavy atom. The fraction of sp³-hybridized carbons (Fsp3) is 0.765. The summed E-state index contributed by atoms with van der Waals surface area (Å²) in [6.07, 6.45) is 9.55. The topological polar surface area (TPSA) is 12.0 Å². The van der Waals surface area contributed by atoms with Gasteiger partial charge in [0.05, 0.1) is 7.57 Å². The third-order valence-corrected chi connectivity index (χ3v) is 7.09. The second-order valence-corrected chi connectivity index (χ2v) is 11.2. The maximum absolute atomic E-state index is 3.70. The average molecular weight is 437 g/mol. The first kappa shape index (κ1) is 18.0. The zero-order valence-electron chi connectivity index (χ0n) is 13.4. The van der Waals surface area contributed by atoms with Crippen LogP contribution in [0.25, 0.3) is 0 Å². The summed E-state index contributed by atoms with van der Waals surface area (Å²) in [4.78, 5) is 0. The van der Waals surface area contributed by atoms with Crippen molar-refractivity contribution in [2.45, 2.75) is 71.3 Å². The Morgan fingerprint density at radius 2 is 1.86 bits per heavy atom. The number of thiophene rings is 1. The molecule has 2 rings (SSSR count). The van der Waals surface area contributed by atoms with Crippen molar-refractivity contribution in [3.8, 4) is 0 Å².